The Bertz CT molecular complexity index is 204. The van der Waals surface area contributed by atoms with Crippen molar-refractivity contribution in [3.05, 3.63) is 0 Å². The van der Waals surface area contributed by atoms with Crippen molar-refractivity contribution < 1.29 is 14.6 Å². The smallest absolute Gasteiger partial charge is 0.314 e. The van der Waals surface area contributed by atoms with Crippen LogP contribution >= 0.6 is 0 Å². The molecule has 14 heavy (non-hydrogen) atoms. The Labute approximate surface area is 84.8 Å². The number of nitrogens with zero attached hydrogens (tertiary/aromatic N) is 1. The predicted octanol–water partition coefficient (Wildman–Crippen LogP) is 0.947. The number of rotatable bonds is 2. The van der Waals surface area contributed by atoms with E-state index in [-0.39, 0.29) is 5.97 Å². The topological polar surface area (TPSA) is 49.8 Å². The normalized spacial score (nSPS) is 20.9. The van der Waals surface area contributed by atoms with Gasteiger partial charge in [-0.3, -0.25) is 4.79 Å². The molecule has 0 aromatic heterocycles. The highest BCUT2D eigenvalue weighted by Gasteiger charge is 2.29. The summed E-state index contributed by atoms with van der Waals surface area (Å²) in [6, 6.07) is 0. The zero-order chi connectivity index (χ0) is 10.8. The average molecular weight is 201 g/mol. The Hall–Kier alpha value is -0.610. The molecule has 1 rings (SSSR count). The Morgan fingerprint density at radius 3 is 2.29 bits per heavy atom. The van der Waals surface area contributed by atoms with Crippen LogP contribution in [0.25, 0.3) is 0 Å². The van der Waals surface area contributed by atoms with Gasteiger partial charge in [-0.15, -0.1) is 0 Å². The number of hydrogen-bond acceptors (Lipinski definition) is 4. The molecule has 82 valence electrons. The quantitative estimate of drug-likeness (QED) is 0.534. The molecule has 1 aliphatic heterocycles. The van der Waals surface area contributed by atoms with Gasteiger partial charge in [0.15, 0.2) is 0 Å². The number of likely N-dealkylation sites (tertiary alicyclic amines) is 1. The predicted molar refractivity (Wildman–Crippen MR) is 52.4 cm³/mol. The molecule has 1 saturated heterocycles. The minimum atomic E-state index is -1.07. The summed E-state index contributed by atoms with van der Waals surface area (Å²) in [6.45, 7) is 6.92. The second kappa shape index (κ2) is 4.28. The molecule has 0 amide bonds. The van der Waals surface area contributed by atoms with Gasteiger partial charge in [-0.25, -0.2) is 4.90 Å². The van der Waals surface area contributed by atoms with Gasteiger partial charge in [0.25, 0.3) is 6.41 Å². The number of esters is 1. The maximum atomic E-state index is 11.4. The van der Waals surface area contributed by atoms with Gasteiger partial charge in [-0.2, -0.15) is 0 Å². The Morgan fingerprint density at radius 1 is 1.36 bits per heavy atom. The molecule has 0 aromatic rings. The van der Waals surface area contributed by atoms with E-state index in [2.05, 4.69) is 0 Å². The highest BCUT2D eigenvalue weighted by molar-refractivity contribution is 5.75. The molecule has 4 nitrogen and oxygen atoms in total. The summed E-state index contributed by atoms with van der Waals surface area (Å²) in [7, 11) is 0. The molecule has 1 N–H and O–H groups in total. The monoisotopic (exact) mass is 201 g/mol. The van der Waals surface area contributed by atoms with Crippen molar-refractivity contribution in [2.45, 2.75) is 40.0 Å². The van der Waals surface area contributed by atoms with E-state index in [4.69, 9.17) is 4.74 Å². The third-order valence-corrected chi connectivity index (χ3v) is 2.28. The molecule has 0 aliphatic carbocycles. The third-order valence-electron chi connectivity index (χ3n) is 2.28. The van der Waals surface area contributed by atoms with Crippen LogP contribution in [-0.4, -0.2) is 35.5 Å². The fourth-order valence-corrected chi connectivity index (χ4v) is 1.31. The van der Waals surface area contributed by atoms with Crippen LogP contribution < -0.4 is 0 Å². The van der Waals surface area contributed by atoms with E-state index >= 15 is 0 Å². The minimum absolute atomic E-state index is 0.364. The van der Waals surface area contributed by atoms with Gasteiger partial charge >= 0.3 is 5.97 Å². The van der Waals surface area contributed by atoms with Crippen LogP contribution in [0.4, 0.5) is 0 Å². The molecule has 1 fully saturated rings. The highest BCUT2D eigenvalue weighted by Crippen LogP contribution is 2.18. The van der Waals surface area contributed by atoms with Crippen molar-refractivity contribution in [3.63, 3.8) is 0 Å². The van der Waals surface area contributed by atoms with E-state index in [1.54, 1.807) is 25.7 Å². The SMILES string of the molecule is CC(C)(C)C(=O)OC(O)N1CCCC1. The Balaban J connectivity index is 2.39. The van der Waals surface area contributed by atoms with Crippen molar-refractivity contribution in [1.29, 1.82) is 0 Å². The maximum Gasteiger partial charge on any atom is 0.314 e. The Morgan fingerprint density at radius 2 is 1.86 bits per heavy atom. The van der Waals surface area contributed by atoms with Crippen LogP contribution in [0.2, 0.25) is 0 Å². The van der Waals surface area contributed by atoms with Crippen LogP contribution in [0.15, 0.2) is 0 Å². The van der Waals surface area contributed by atoms with Crippen molar-refractivity contribution in [3.8, 4) is 0 Å². The van der Waals surface area contributed by atoms with Gasteiger partial charge in [-0.1, -0.05) is 0 Å². The van der Waals surface area contributed by atoms with Crippen LogP contribution in [0.3, 0.4) is 0 Å². The van der Waals surface area contributed by atoms with Crippen LogP contribution in [0.5, 0.6) is 0 Å². The average Bonchev–Trinajstić information content (AvgIpc) is 2.53. The highest BCUT2D eigenvalue weighted by atomic mass is 16.7. The van der Waals surface area contributed by atoms with Crippen molar-refractivity contribution in [1.82, 2.24) is 4.90 Å². The maximum absolute atomic E-state index is 11.4. The first-order valence-electron chi connectivity index (χ1n) is 5.04. The number of aliphatic hydroxyl groups excluding tert-OH is 1. The second-order valence-electron chi connectivity index (χ2n) is 4.72. The van der Waals surface area contributed by atoms with E-state index in [1.165, 1.54) is 0 Å². The van der Waals surface area contributed by atoms with Gasteiger partial charge in [0.1, 0.15) is 0 Å². The molecule has 4 heteroatoms. The molecule has 1 heterocycles. The lowest BCUT2D eigenvalue weighted by Crippen LogP contribution is -2.39. The molecule has 1 aliphatic rings. The van der Waals surface area contributed by atoms with Crippen molar-refractivity contribution in [2.24, 2.45) is 5.41 Å². The van der Waals surface area contributed by atoms with E-state index in [1.807, 2.05) is 0 Å². The fraction of sp³-hybridized carbons (Fsp3) is 0.900. The number of carbonyl (C=O) groups is 1. The minimum Gasteiger partial charge on any atom is -0.421 e. The first kappa shape index (κ1) is 11.5. The van der Waals surface area contributed by atoms with Gasteiger partial charge in [0.05, 0.1) is 5.41 Å². The molecule has 0 radical (unpaired) electrons. The van der Waals surface area contributed by atoms with E-state index in [0.29, 0.717) is 0 Å². The summed E-state index contributed by atoms with van der Waals surface area (Å²) in [5.41, 5.74) is -0.555. The lowest BCUT2D eigenvalue weighted by molar-refractivity contribution is -0.207. The Kier molecular flexibility index (Phi) is 3.50. The van der Waals surface area contributed by atoms with Gasteiger partial charge in [-0.05, 0) is 33.6 Å². The standard InChI is InChI=1S/C10H19NO3/c1-10(2,3)8(12)14-9(13)11-6-4-5-7-11/h9,13H,4-7H2,1-3H3. The third kappa shape index (κ3) is 2.96. The number of hydrogen-bond donors (Lipinski definition) is 1. The summed E-state index contributed by atoms with van der Waals surface area (Å²) < 4.78 is 4.94. The molecule has 0 aromatic carbocycles. The van der Waals surface area contributed by atoms with Crippen LogP contribution in [-0.2, 0) is 9.53 Å². The second-order valence-corrected chi connectivity index (χ2v) is 4.72. The van der Waals surface area contributed by atoms with Gasteiger partial charge in [0, 0.05) is 13.1 Å². The lowest BCUT2D eigenvalue weighted by atomic mass is 9.97. The van der Waals surface area contributed by atoms with Crippen LogP contribution in [0, 0.1) is 5.41 Å². The molecule has 0 bridgehead atoms. The first-order chi connectivity index (χ1) is 6.41. The number of carbonyl (C=O) groups excluding carboxylic acids is 1. The number of ether oxygens (including phenoxy) is 1. The molecule has 0 saturated carbocycles. The zero-order valence-electron chi connectivity index (χ0n) is 9.12. The molecular formula is C10H19NO3. The summed E-state index contributed by atoms with van der Waals surface area (Å²) in [6.07, 6.45) is 1.05. The fourth-order valence-electron chi connectivity index (χ4n) is 1.31. The lowest BCUT2D eigenvalue weighted by Gasteiger charge is -2.25. The van der Waals surface area contributed by atoms with Crippen molar-refractivity contribution >= 4 is 5.97 Å². The van der Waals surface area contributed by atoms with E-state index < -0.39 is 11.8 Å². The molecule has 1 atom stereocenters. The van der Waals surface area contributed by atoms with Gasteiger partial charge in [0.2, 0.25) is 0 Å². The largest absolute Gasteiger partial charge is 0.421 e. The molecule has 0 spiro atoms. The van der Waals surface area contributed by atoms with Gasteiger partial charge < -0.3 is 9.84 Å². The summed E-state index contributed by atoms with van der Waals surface area (Å²) in [5.74, 6) is -0.364. The summed E-state index contributed by atoms with van der Waals surface area (Å²) in [4.78, 5) is 13.2. The summed E-state index contributed by atoms with van der Waals surface area (Å²) >= 11 is 0. The number of aliphatic hydroxyl groups is 1. The van der Waals surface area contributed by atoms with E-state index in [0.717, 1.165) is 25.9 Å². The zero-order valence-corrected chi connectivity index (χ0v) is 9.12. The van der Waals surface area contributed by atoms with Crippen molar-refractivity contribution in [2.75, 3.05) is 13.1 Å². The molecule has 1 unspecified atom stereocenters. The molecular weight excluding hydrogens is 182 g/mol. The first-order valence-corrected chi connectivity index (χ1v) is 5.04. The summed E-state index contributed by atoms with van der Waals surface area (Å²) in [5, 5.41) is 9.57. The van der Waals surface area contributed by atoms with E-state index in [9.17, 15) is 9.90 Å². The van der Waals surface area contributed by atoms with Crippen LogP contribution in [0.1, 0.15) is 33.6 Å².